The van der Waals surface area contributed by atoms with Crippen molar-refractivity contribution < 1.29 is 4.79 Å². The Bertz CT molecular complexity index is 171. The van der Waals surface area contributed by atoms with Crippen LogP contribution in [0, 0.1) is 5.92 Å². The van der Waals surface area contributed by atoms with Gasteiger partial charge in [0.05, 0.1) is 0 Å². The molecular weight excluding hydrogens is 152 g/mol. The summed E-state index contributed by atoms with van der Waals surface area (Å²) in [5, 5.41) is 3.30. The number of carbonyl (C=O) groups is 1. The fraction of sp³-hybridized carbons (Fsp3) is 0.667. The molecule has 0 atom stereocenters. The standard InChI is InChI=1S/C9H16N2O/c10-9(12)3-1-2-8-4-6-11-7-5-8/h1,3,8,11H,2,4-7H2,(H2,10,12). The average molecular weight is 168 g/mol. The lowest BCUT2D eigenvalue weighted by atomic mass is 9.94. The van der Waals surface area contributed by atoms with Crippen molar-refractivity contribution in [2.24, 2.45) is 11.7 Å². The van der Waals surface area contributed by atoms with E-state index in [2.05, 4.69) is 5.32 Å². The van der Waals surface area contributed by atoms with Crippen LogP contribution in [0.4, 0.5) is 0 Å². The van der Waals surface area contributed by atoms with Gasteiger partial charge in [-0.05, 0) is 44.3 Å². The molecule has 68 valence electrons. The van der Waals surface area contributed by atoms with E-state index in [1.165, 1.54) is 18.9 Å². The maximum atomic E-state index is 10.4. The maximum Gasteiger partial charge on any atom is 0.241 e. The number of hydrogen-bond donors (Lipinski definition) is 2. The quantitative estimate of drug-likeness (QED) is 0.600. The zero-order chi connectivity index (χ0) is 8.81. The largest absolute Gasteiger partial charge is 0.366 e. The van der Waals surface area contributed by atoms with Gasteiger partial charge < -0.3 is 11.1 Å². The summed E-state index contributed by atoms with van der Waals surface area (Å²) in [6.07, 6.45) is 6.76. The van der Waals surface area contributed by atoms with E-state index >= 15 is 0 Å². The van der Waals surface area contributed by atoms with Crippen LogP contribution in [0.3, 0.4) is 0 Å². The van der Waals surface area contributed by atoms with Crippen LogP contribution in [0.5, 0.6) is 0 Å². The summed E-state index contributed by atoms with van der Waals surface area (Å²) >= 11 is 0. The van der Waals surface area contributed by atoms with E-state index in [1.54, 1.807) is 0 Å². The molecule has 1 heterocycles. The highest BCUT2D eigenvalue weighted by atomic mass is 16.1. The number of rotatable bonds is 3. The van der Waals surface area contributed by atoms with Crippen molar-refractivity contribution in [2.45, 2.75) is 19.3 Å². The Kier molecular flexibility index (Phi) is 3.80. The van der Waals surface area contributed by atoms with Gasteiger partial charge in [-0.3, -0.25) is 4.79 Å². The number of nitrogens with one attached hydrogen (secondary N) is 1. The average Bonchev–Trinajstić information content (AvgIpc) is 2.05. The van der Waals surface area contributed by atoms with Crippen molar-refractivity contribution >= 4 is 5.91 Å². The number of allylic oxidation sites excluding steroid dienone is 1. The Morgan fingerprint density at radius 3 is 2.75 bits per heavy atom. The summed E-state index contributed by atoms with van der Waals surface area (Å²) in [5.74, 6) is 0.394. The van der Waals surface area contributed by atoms with Gasteiger partial charge >= 0.3 is 0 Å². The van der Waals surface area contributed by atoms with E-state index in [0.29, 0.717) is 0 Å². The van der Waals surface area contributed by atoms with Crippen LogP contribution in [-0.2, 0) is 4.79 Å². The Morgan fingerprint density at radius 2 is 2.17 bits per heavy atom. The first-order valence-corrected chi connectivity index (χ1v) is 4.45. The minimum atomic E-state index is -0.344. The molecule has 12 heavy (non-hydrogen) atoms. The highest BCUT2D eigenvalue weighted by molar-refractivity contribution is 5.85. The van der Waals surface area contributed by atoms with Gasteiger partial charge in [-0.25, -0.2) is 0 Å². The zero-order valence-corrected chi connectivity index (χ0v) is 7.25. The number of amides is 1. The fourth-order valence-corrected chi connectivity index (χ4v) is 1.49. The van der Waals surface area contributed by atoms with E-state index in [4.69, 9.17) is 5.73 Å². The first-order valence-electron chi connectivity index (χ1n) is 4.45. The second-order valence-corrected chi connectivity index (χ2v) is 3.23. The molecule has 0 bridgehead atoms. The van der Waals surface area contributed by atoms with E-state index in [1.807, 2.05) is 6.08 Å². The van der Waals surface area contributed by atoms with E-state index in [9.17, 15) is 4.79 Å². The second-order valence-electron chi connectivity index (χ2n) is 3.23. The SMILES string of the molecule is NC(=O)C=CCC1CCNCC1. The molecule has 1 fully saturated rings. The van der Waals surface area contributed by atoms with Crippen LogP contribution < -0.4 is 11.1 Å². The molecule has 0 spiro atoms. The molecular formula is C9H16N2O. The molecule has 1 amide bonds. The zero-order valence-electron chi connectivity index (χ0n) is 7.25. The lowest BCUT2D eigenvalue weighted by Crippen LogP contribution is -2.27. The maximum absolute atomic E-state index is 10.4. The summed E-state index contributed by atoms with van der Waals surface area (Å²) in [6, 6.07) is 0. The van der Waals surface area contributed by atoms with Crippen molar-refractivity contribution in [1.82, 2.24) is 5.32 Å². The van der Waals surface area contributed by atoms with Gasteiger partial charge in [0, 0.05) is 0 Å². The third-order valence-electron chi connectivity index (χ3n) is 2.21. The number of carbonyl (C=O) groups excluding carboxylic acids is 1. The predicted octanol–water partition coefficient (Wildman–Crippen LogP) is 0.418. The molecule has 3 heteroatoms. The van der Waals surface area contributed by atoms with Crippen molar-refractivity contribution in [1.29, 1.82) is 0 Å². The number of piperidine rings is 1. The first-order chi connectivity index (χ1) is 5.79. The van der Waals surface area contributed by atoms with E-state index in [-0.39, 0.29) is 5.91 Å². The molecule has 1 saturated heterocycles. The molecule has 1 rings (SSSR count). The molecule has 0 aromatic rings. The monoisotopic (exact) mass is 168 g/mol. The number of primary amides is 1. The normalized spacial score (nSPS) is 20.0. The van der Waals surface area contributed by atoms with E-state index < -0.39 is 0 Å². The molecule has 0 radical (unpaired) electrons. The van der Waals surface area contributed by atoms with Crippen LogP contribution in [0.1, 0.15) is 19.3 Å². The van der Waals surface area contributed by atoms with Gasteiger partial charge in [0.2, 0.25) is 5.91 Å². The van der Waals surface area contributed by atoms with Crippen molar-refractivity contribution in [3.05, 3.63) is 12.2 Å². The molecule has 0 aromatic carbocycles. The lowest BCUT2D eigenvalue weighted by molar-refractivity contribution is -0.113. The molecule has 0 saturated carbocycles. The second kappa shape index (κ2) is 4.93. The van der Waals surface area contributed by atoms with Crippen molar-refractivity contribution in [3.63, 3.8) is 0 Å². The number of nitrogens with two attached hydrogens (primary N) is 1. The topological polar surface area (TPSA) is 55.1 Å². The van der Waals surface area contributed by atoms with Crippen molar-refractivity contribution in [3.8, 4) is 0 Å². The van der Waals surface area contributed by atoms with Crippen LogP contribution >= 0.6 is 0 Å². The molecule has 1 aliphatic heterocycles. The van der Waals surface area contributed by atoms with Gasteiger partial charge in [0.15, 0.2) is 0 Å². The predicted molar refractivity (Wildman–Crippen MR) is 48.5 cm³/mol. The summed E-state index contributed by atoms with van der Waals surface area (Å²) in [4.78, 5) is 10.4. The fourth-order valence-electron chi connectivity index (χ4n) is 1.49. The van der Waals surface area contributed by atoms with Crippen LogP contribution in [0.15, 0.2) is 12.2 Å². The van der Waals surface area contributed by atoms with Gasteiger partial charge in [0.25, 0.3) is 0 Å². The van der Waals surface area contributed by atoms with Crippen LogP contribution in [-0.4, -0.2) is 19.0 Å². The first kappa shape index (κ1) is 9.26. The minimum absolute atomic E-state index is 0.344. The highest BCUT2D eigenvalue weighted by Gasteiger charge is 2.10. The van der Waals surface area contributed by atoms with Crippen molar-refractivity contribution in [2.75, 3.05) is 13.1 Å². The minimum Gasteiger partial charge on any atom is -0.366 e. The van der Waals surface area contributed by atoms with Crippen LogP contribution in [0.25, 0.3) is 0 Å². The molecule has 3 N–H and O–H groups in total. The third-order valence-corrected chi connectivity index (χ3v) is 2.21. The van der Waals surface area contributed by atoms with Gasteiger partial charge in [-0.1, -0.05) is 6.08 Å². The summed E-state index contributed by atoms with van der Waals surface area (Å²) in [6.45, 7) is 2.21. The molecule has 0 aromatic heterocycles. The van der Waals surface area contributed by atoms with E-state index in [0.717, 1.165) is 25.4 Å². The summed E-state index contributed by atoms with van der Waals surface area (Å²) < 4.78 is 0. The summed E-state index contributed by atoms with van der Waals surface area (Å²) in [7, 11) is 0. The van der Waals surface area contributed by atoms with Crippen LogP contribution in [0.2, 0.25) is 0 Å². The Morgan fingerprint density at radius 1 is 1.50 bits per heavy atom. The molecule has 3 nitrogen and oxygen atoms in total. The van der Waals surface area contributed by atoms with Gasteiger partial charge in [0.1, 0.15) is 0 Å². The molecule has 0 unspecified atom stereocenters. The Labute approximate surface area is 73.0 Å². The molecule has 1 aliphatic rings. The summed E-state index contributed by atoms with van der Waals surface area (Å²) in [5.41, 5.74) is 4.97. The third kappa shape index (κ3) is 3.53. The lowest BCUT2D eigenvalue weighted by Gasteiger charge is -2.20. The number of hydrogen-bond acceptors (Lipinski definition) is 2. The molecule has 0 aliphatic carbocycles. The van der Waals surface area contributed by atoms with Gasteiger partial charge in [-0.2, -0.15) is 0 Å². The Balaban J connectivity index is 2.17. The smallest absolute Gasteiger partial charge is 0.241 e. The highest BCUT2D eigenvalue weighted by Crippen LogP contribution is 2.15. The van der Waals surface area contributed by atoms with Gasteiger partial charge in [-0.15, -0.1) is 0 Å². The Hall–Kier alpha value is -0.830.